The smallest absolute Gasteiger partial charge is 0.254 e. The molecule has 26 heavy (non-hydrogen) atoms. The van der Waals surface area contributed by atoms with E-state index in [-0.39, 0.29) is 11.9 Å². The molecule has 1 amide bonds. The SMILES string of the molecule is CCc1ccc2nc(-c3cnn(CC)c3)cc(C(=O)N(C)C(C)C)c2c1. The molecule has 0 unspecified atom stereocenters. The number of hydrogen-bond acceptors (Lipinski definition) is 3. The topological polar surface area (TPSA) is 51.0 Å². The molecule has 3 aromatic rings. The van der Waals surface area contributed by atoms with Gasteiger partial charge in [0.1, 0.15) is 0 Å². The molecule has 0 saturated carbocycles. The van der Waals surface area contributed by atoms with E-state index >= 15 is 0 Å². The number of hydrogen-bond donors (Lipinski definition) is 0. The van der Waals surface area contributed by atoms with Gasteiger partial charge in [-0.1, -0.05) is 13.0 Å². The highest BCUT2D eigenvalue weighted by Gasteiger charge is 2.20. The van der Waals surface area contributed by atoms with Crippen molar-refractivity contribution in [3.63, 3.8) is 0 Å². The van der Waals surface area contributed by atoms with Crippen LogP contribution in [0.2, 0.25) is 0 Å². The standard InChI is InChI=1S/C21H26N4O/c1-6-15-8-9-19-17(10-15)18(21(26)24(5)14(3)4)11-20(23-19)16-12-22-25(7-2)13-16/h8-14H,6-7H2,1-5H3. The lowest BCUT2D eigenvalue weighted by molar-refractivity contribution is 0.0757. The predicted octanol–water partition coefficient (Wildman–Crippen LogP) is 4.16. The maximum absolute atomic E-state index is 13.1. The molecule has 0 aliphatic rings. The van der Waals surface area contributed by atoms with Crippen LogP contribution in [0.25, 0.3) is 22.2 Å². The van der Waals surface area contributed by atoms with Crippen molar-refractivity contribution in [3.8, 4) is 11.3 Å². The van der Waals surface area contributed by atoms with Crippen LogP contribution in [0.4, 0.5) is 0 Å². The summed E-state index contributed by atoms with van der Waals surface area (Å²) in [7, 11) is 1.84. The Kier molecular flexibility index (Phi) is 5.07. The summed E-state index contributed by atoms with van der Waals surface area (Å²) in [6, 6.07) is 8.21. The summed E-state index contributed by atoms with van der Waals surface area (Å²) in [5.74, 6) is 0.0183. The van der Waals surface area contributed by atoms with E-state index in [4.69, 9.17) is 4.98 Å². The van der Waals surface area contributed by atoms with Gasteiger partial charge in [0.25, 0.3) is 5.91 Å². The molecule has 0 aliphatic heterocycles. The fourth-order valence-electron chi connectivity index (χ4n) is 2.91. The van der Waals surface area contributed by atoms with Gasteiger partial charge in [-0.2, -0.15) is 5.10 Å². The molecule has 0 radical (unpaired) electrons. The zero-order valence-corrected chi connectivity index (χ0v) is 16.2. The lowest BCUT2D eigenvalue weighted by atomic mass is 10.0. The Morgan fingerprint density at radius 2 is 2.00 bits per heavy atom. The highest BCUT2D eigenvalue weighted by molar-refractivity contribution is 6.07. The molecule has 2 aromatic heterocycles. The van der Waals surface area contributed by atoms with Crippen LogP contribution in [0, 0.1) is 0 Å². The van der Waals surface area contributed by atoms with Crippen LogP contribution in [-0.4, -0.2) is 38.7 Å². The number of aryl methyl sites for hydroxylation is 2. The highest BCUT2D eigenvalue weighted by Crippen LogP contribution is 2.27. The molecule has 0 saturated heterocycles. The second-order valence-electron chi connectivity index (χ2n) is 6.85. The van der Waals surface area contributed by atoms with Gasteiger partial charge in [-0.05, 0) is 51.0 Å². The third kappa shape index (κ3) is 3.34. The van der Waals surface area contributed by atoms with Gasteiger partial charge in [0, 0.05) is 36.8 Å². The minimum atomic E-state index is 0.0183. The molecule has 0 atom stereocenters. The summed E-state index contributed by atoms with van der Waals surface area (Å²) in [6.45, 7) is 9.00. The molecule has 0 fully saturated rings. The fourth-order valence-corrected chi connectivity index (χ4v) is 2.91. The average Bonchev–Trinajstić information content (AvgIpc) is 3.14. The first-order valence-electron chi connectivity index (χ1n) is 9.18. The van der Waals surface area contributed by atoms with Crippen molar-refractivity contribution in [2.24, 2.45) is 0 Å². The largest absolute Gasteiger partial charge is 0.339 e. The summed E-state index contributed by atoms with van der Waals surface area (Å²) in [5, 5.41) is 5.25. The van der Waals surface area contributed by atoms with Crippen molar-refractivity contribution in [2.75, 3.05) is 7.05 Å². The number of fused-ring (bicyclic) bond motifs is 1. The van der Waals surface area contributed by atoms with Crippen molar-refractivity contribution in [3.05, 3.63) is 47.8 Å². The van der Waals surface area contributed by atoms with E-state index in [9.17, 15) is 4.79 Å². The maximum atomic E-state index is 13.1. The summed E-state index contributed by atoms with van der Waals surface area (Å²) < 4.78 is 1.86. The van der Waals surface area contributed by atoms with Crippen LogP contribution in [0.3, 0.4) is 0 Å². The molecule has 0 bridgehead atoms. The number of benzene rings is 1. The van der Waals surface area contributed by atoms with Crippen LogP contribution < -0.4 is 0 Å². The summed E-state index contributed by atoms with van der Waals surface area (Å²) >= 11 is 0. The normalized spacial score (nSPS) is 11.3. The molecule has 0 N–H and O–H groups in total. The molecule has 2 heterocycles. The number of rotatable bonds is 5. The van der Waals surface area contributed by atoms with Crippen molar-refractivity contribution < 1.29 is 4.79 Å². The van der Waals surface area contributed by atoms with Gasteiger partial charge >= 0.3 is 0 Å². The Balaban J connectivity index is 2.21. The molecule has 5 nitrogen and oxygen atoms in total. The number of aromatic nitrogens is 3. The van der Waals surface area contributed by atoms with Crippen molar-refractivity contribution in [2.45, 2.75) is 46.7 Å². The van der Waals surface area contributed by atoms with Crippen LogP contribution in [0.15, 0.2) is 36.7 Å². The number of pyridine rings is 1. The second kappa shape index (κ2) is 7.28. The minimum Gasteiger partial charge on any atom is -0.339 e. The number of nitrogens with zero attached hydrogens (tertiary/aromatic N) is 4. The number of carbonyl (C=O) groups excluding carboxylic acids is 1. The summed E-state index contributed by atoms with van der Waals surface area (Å²) in [4.78, 5) is 19.7. The maximum Gasteiger partial charge on any atom is 0.254 e. The first-order chi connectivity index (χ1) is 12.4. The first-order valence-corrected chi connectivity index (χ1v) is 9.18. The van der Waals surface area contributed by atoms with E-state index in [1.165, 1.54) is 5.56 Å². The van der Waals surface area contributed by atoms with Gasteiger partial charge < -0.3 is 4.90 Å². The fraction of sp³-hybridized carbons (Fsp3) is 0.381. The molecule has 3 rings (SSSR count). The van der Waals surface area contributed by atoms with Crippen LogP contribution in [-0.2, 0) is 13.0 Å². The average molecular weight is 350 g/mol. The van der Waals surface area contributed by atoms with Gasteiger partial charge in [0.15, 0.2) is 0 Å². The first kappa shape index (κ1) is 18.1. The lowest BCUT2D eigenvalue weighted by Crippen LogP contribution is -2.33. The number of amides is 1. The Hall–Kier alpha value is -2.69. The Labute approximate surface area is 154 Å². The van der Waals surface area contributed by atoms with Crippen LogP contribution in [0.1, 0.15) is 43.6 Å². The van der Waals surface area contributed by atoms with Gasteiger partial charge in [-0.25, -0.2) is 4.98 Å². The third-order valence-electron chi connectivity index (χ3n) is 4.86. The van der Waals surface area contributed by atoms with Crippen molar-refractivity contribution in [1.29, 1.82) is 0 Å². The van der Waals surface area contributed by atoms with Gasteiger partial charge in [-0.15, -0.1) is 0 Å². The van der Waals surface area contributed by atoms with Gasteiger partial charge in [-0.3, -0.25) is 9.48 Å². The summed E-state index contributed by atoms with van der Waals surface area (Å²) in [5.41, 5.74) is 4.44. The Morgan fingerprint density at radius 1 is 1.23 bits per heavy atom. The van der Waals surface area contributed by atoms with Crippen molar-refractivity contribution in [1.82, 2.24) is 19.7 Å². The van der Waals surface area contributed by atoms with Crippen molar-refractivity contribution >= 4 is 16.8 Å². The molecular formula is C21H26N4O. The van der Waals surface area contributed by atoms with Gasteiger partial charge in [0.05, 0.1) is 23.0 Å². The Morgan fingerprint density at radius 3 is 2.62 bits per heavy atom. The van der Waals surface area contributed by atoms with E-state index in [2.05, 4.69) is 24.2 Å². The zero-order chi connectivity index (χ0) is 18.8. The van der Waals surface area contributed by atoms with E-state index in [1.807, 2.05) is 50.8 Å². The molecular weight excluding hydrogens is 324 g/mol. The number of carbonyl (C=O) groups is 1. The Bertz CT molecular complexity index is 942. The minimum absolute atomic E-state index is 0.0183. The lowest BCUT2D eigenvalue weighted by Gasteiger charge is -2.22. The third-order valence-corrected chi connectivity index (χ3v) is 4.86. The second-order valence-corrected chi connectivity index (χ2v) is 6.85. The quantitative estimate of drug-likeness (QED) is 0.694. The van der Waals surface area contributed by atoms with E-state index < -0.39 is 0 Å². The molecule has 136 valence electrons. The van der Waals surface area contributed by atoms with Gasteiger partial charge in [0.2, 0.25) is 0 Å². The van der Waals surface area contributed by atoms with Crippen LogP contribution >= 0.6 is 0 Å². The zero-order valence-electron chi connectivity index (χ0n) is 16.2. The molecule has 5 heteroatoms. The summed E-state index contributed by atoms with van der Waals surface area (Å²) in [6.07, 6.45) is 4.70. The van der Waals surface area contributed by atoms with Crippen LogP contribution in [0.5, 0.6) is 0 Å². The van der Waals surface area contributed by atoms with E-state index in [0.29, 0.717) is 5.56 Å². The molecule has 1 aromatic carbocycles. The van der Waals surface area contributed by atoms with E-state index in [1.54, 1.807) is 11.1 Å². The molecule has 0 spiro atoms. The highest BCUT2D eigenvalue weighted by atomic mass is 16.2. The monoisotopic (exact) mass is 350 g/mol. The predicted molar refractivity (Wildman–Crippen MR) is 105 cm³/mol. The molecule has 0 aliphatic carbocycles. The van der Waals surface area contributed by atoms with E-state index in [0.717, 1.165) is 35.1 Å².